The Hall–Kier alpha value is -2.94. The van der Waals surface area contributed by atoms with Crippen molar-refractivity contribution >= 4 is 70.8 Å². The number of carbonyl (C=O) groups excluding carboxylic acids is 6. The number of amides is 5. The number of halogens is 3. The number of rotatable bonds is 36. The minimum absolute atomic E-state index is 0.0155. The monoisotopic (exact) mass is 1220 g/mol. The number of carbonyl (C=O) groups is 6. The van der Waals surface area contributed by atoms with Crippen molar-refractivity contribution in [2.45, 2.75) is 191 Å². The second-order valence-corrected chi connectivity index (χ2v) is 22.9. The molecule has 0 saturated carbocycles. The highest BCUT2D eigenvalue weighted by atomic mass is 32.2. The molecule has 3 saturated heterocycles. The van der Waals surface area contributed by atoms with Gasteiger partial charge in [0.25, 0.3) is 0 Å². The Morgan fingerprint density at radius 2 is 1.00 bits per heavy atom. The zero-order chi connectivity index (χ0) is 59.7. The first-order chi connectivity index (χ1) is 37.9. The largest absolute Gasteiger partial charge is 0.490 e. The third kappa shape index (κ3) is 22.9. The summed E-state index contributed by atoms with van der Waals surface area (Å²) in [5, 5.41) is 118. The molecule has 3 heterocycles. The van der Waals surface area contributed by atoms with E-state index < -0.39 is 157 Å². The molecule has 3 aliphatic heterocycles. The maximum Gasteiger partial charge on any atom is 0.490 e. The Kier molecular flexibility index (Phi) is 32.7. The Bertz CT molecular complexity index is 1900. The van der Waals surface area contributed by atoms with Crippen LogP contribution in [0.15, 0.2) is 0 Å². The fraction of sp³-hybridized carbons (Fsp3) is 0.872. The number of hydrogen-bond donors (Lipinski definition) is 16. The van der Waals surface area contributed by atoms with Gasteiger partial charge in [0.1, 0.15) is 95.5 Å². The fourth-order valence-corrected chi connectivity index (χ4v) is 12.1. The molecule has 0 radical (unpaired) electrons. The van der Waals surface area contributed by atoms with Crippen LogP contribution in [0, 0.1) is 0 Å². The van der Waals surface area contributed by atoms with Crippen molar-refractivity contribution in [1.82, 2.24) is 20.9 Å². The summed E-state index contributed by atoms with van der Waals surface area (Å²) in [7, 11) is 0. The number of esters is 1. The van der Waals surface area contributed by atoms with Crippen LogP contribution in [0.4, 0.5) is 13.2 Å². The summed E-state index contributed by atoms with van der Waals surface area (Å²) in [4.78, 5) is 79.8. The normalized spacial score (nSPS) is 29.7. The van der Waals surface area contributed by atoms with E-state index in [1.54, 1.807) is 0 Å². The van der Waals surface area contributed by atoms with E-state index in [0.29, 0.717) is 50.4 Å². The molecule has 0 aromatic carbocycles. The maximum absolute atomic E-state index is 14.7. The van der Waals surface area contributed by atoms with Gasteiger partial charge in [0.05, 0.1) is 19.8 Å². The van der Waals surface area contributed by atoms with Gasteiger partial charge in [-0.3, -0.25) is 24.0 Å². The van der Waals surface area contributed by atoms with E-state index >= 15 is 0 Å². The van der Waals surface area contributed by atoms with Crippen LogP contribution in [0.3, 0.4) is 0 Å². The highest BCUT2D eigenvalue weighted by Crippen LogP contribution is 2.34. The lowest BCUT2D eigenvalue weighted by atomic mass is 10.0. The number of nitrogens with zero attached hydrogens (tertiary/aromatic N) is 1. The number of nitrogens with two attached hydrogens (primary N) is 2. The van der Waals surface area contributed by atoms with E-state index in [-0.39, 0.29) is 94.2 Å². The van der Waals surface area contributed by atoms with Gasteiger partial charge in [-0.25, -0.2) is 4.79 Å². The number of unbranched alkanes of at least 4 members (excludes halogenated alkanes) is 5. The van der Waals surface area contributed by atoms with Gasteiger partial charge in [-0.05, 0) is 57.9 Å². The molecule has 3 fully saturated rings. The molecule has 0 aliphatic carbocycles. The summed E-state index contributed by atoms with van der Waals surface area (Å²) >= 11 is 2.62. The van der Waals surface area contributed by atoms with E-state index in [1.165, 1.54) is 4.90 Å². The number of primary amides is 1. The van der Waals surface area contributed by atoms with Crippen molar-refractivity contribution in [3.8, 4) is 0 Å². The van der Waals surface area contributed by atoms with Crippen molar-refractivity contribution < 1.29 is 117 Å². The predicted molar refractivity (Wildman–Crippen MR) is 280 cm³/mol. The zero-order valence-electron chi connectivity index (χ0n) is 44.0. The van der Waals surface area contributed by atoms with E-state index in [9.17, 15) is 98.1 Å². The first kappa shape index (κ1) is 71.3. The number of hydrogen-bond acceptors (Lipinski definition) is 25. The molecule has 0 unspecified atom stereocenters. The Morgan fingerprint density at radius 3 is 1.46 bits per heavy atom. The summed E-state index contributed by atoms with van der Waals surface area (Å²) in [5.41, 5.74) is 7.95. The molecular weight excluding hydrogens is 1140 g/mol. The molecule has 5 amide bonds. The molecule has 18 N–H and O–H groups in total. The van der Waals surface area contributed by atoms with Gasteiger partial charge < -0.3 is 107 Å². The molecule has 0 aromatic rings. The molecule has 80 heavy (non-hydrogen) atoms. The molecular formula is C47H81F3N6O21S3. The van der Waals surface area contributed by atoms with E-state index in [2.05, 4.69) is 20.7 Å². The number of nitrogens with one attached hydrogen (secondary N) is 3. The van der Waals surface area contributed by atoms with E-state index in [4.69, 9.17) is 25.7 Å². The number of aliphatic hydroxyl groups excluding tert-OH is 11. The Morgan fingerprint density at radius 1 is 0.562 bits per heavy atom. The van der Waals surface area contributed by atoms with Crippen LogP contribution in [0.1, 0.15) is 83.5 Å². The Balaban J connectivity index is 1.66. The SMILES string of the molecule is NCCCCCCN(C(=O)[C@H](CCCCNC(=O)CCS[C@@H]1O[C@H](CO)[C@H](O)[C@H](O)[C@H]1O)NC(=O)CCS[C@@H]1O[C@H](CO)[C@H](O)[C@H](O)[C@H]1O)[C@@H](CCCCNC(=O)CCS[C@@H]1O[C@H](CO)[C@H](O)[C@H](O)[C@H]1OC(=O)C(F)(F)F)C(N)=O. The van der Waals surface area contributed by atoms with Crippen molar-refractivity contribution in [3.05, 3.63) is 0 Å². The number of ether oxygens (including phenoxy) is 4. The summed E-state index contributed by atoms with van der Waals surface area (Å²) < 4.78 is 59.7. The van der Waals surface area contributed by atoms with Gasteiger partial charge >= 0.3 is 12.1 Å². The van der Waals surface area contributed by atoms with E-state index in [1.807, 2.05) is 0 Å². The van der Waals surface area contributed by atoms with Gasteiger partial charge in [0.15, 0.2) is 6.10 Å². The quantitative estimate of drug-likeness (QED) is 0.0207. The lowest BCUT2D eigenvalue weighted by Crippen LogP contribution is -2.59. The second kappa shape index (κ2) is 36.7. The van der Waals surface area contributed by atoms with Crippen LogP contribution in [-0.2, 0) is 47.7 Å². The number of thioether (sulfide) groups is 3. The first-order valence-electron chi connectivity index (χ1n) is 26.4. The van der Waals surface area contributed by atoms with Crippen LogP contribution >= 0.6 is 35.3 Å². The lowest BCUT2D eigenvalue weighted by Gasteiger charge is -2.41. The molecule has 0 bridgehead atoms. The molecule has 33 heteroatoms. The zero-order valence-corrected chi connectivity index (χ0v) is 46.5. The van der Waals surface area contributed by atoms with E-state index in [0.717, 1.165) is 23.5 Å². The summed E-state index contributed by atoms with van der Waals surface area (Å²) in [6.07, 6.45) is -21.5. The molecule has 464 valence electrons. The van der Waals surface area contributed by atoms with Crippen LogP contribution in [0.2, 0.25) is 0 Å². The molecule has 27 nitrogen and oxygen atoms in total. The number of alkyl halides is 3. The van der Waals surface area contributed by atoms with Gasteiger partial charge in [0, 0.05) is 56.2 Å². The molecule has 3 rings (SSSR count). The van der Waals surface area contributed by atoms with Gasteiger partial charge in [-0.2, -0.15) is 13.2 Å². The average molecular weight is 1220 g/mol. The highest BCUT2D eigenvalue weighted by Gasteiger charge is 2.51. The van der Waals surface area contributed by atoms with Crippen molar-refractivity contribution in [3.63, 3.8) is 0 Å². The van der Waals surface area contributed by atoms with Crippen molar-refractivity contribution in [2.75, 3.05) is 63.3 Å². The molecule has 17 atom stereocenters. The maximum atomic E-state index is 14.7. The predicted octanol–water partition coefficient (Wildman–Crippen LogP) is -4.87. The minimum Gasteiger partial charge on any atom is -0.449 e. The molecule has 3 aliphatic rings. The third-order valence-electron chi connectivity index (χ3n) is 13.3. The number of aliphatic hydroxyl groups is 11. The average Bonchev–Trinajstić information content (AvgIpc) is 3.50. The topological polar surface area (TPSA) is 453 Å². The minimum atomic E-state index is -5.43. The molecule has 0 spiro atoms. The summed E-state index contributed by atoms with van der Waals surface area (Å²) in [6.45, 7) is -1.46. The van der Waals surface area contributed by atoms with Crippen molar-refractivity contribution in [1.29, 1.82) is 0 Å². The fourth-order valence-electron chi connectivity index (χ4n) is 8.66. The first-order valence-corrected chi connectivity index (χ1v) is 29.5. The van der Waals surface area contributed by atoms with Gasteiger partial charge in [-0.15, -0.1) is 35.3 Å². The van der Waals surface area contributed by atoms with Gasteiger partial charge in [-0.1, -0.05) is 12.8 Å². The third-order valence-corrected chi connectivity index (χ3v) is 16.7. The lowest BCUT2D eigenvalue weighted by molar-refractivity contribution is -0.241. The standard InChI is InChI=1S/C47H81F3N6O21S3/c48-47(49,50)46(73)77-40-37(68)34(65)28(23-59)76-45(40)80-19-12-30(61)54-16-7-4-10-25(41(52)71)56(17-8-2-1-5-14-51)42(72)24(55-31(62)13-20-79-44-39(70)36(67)33(64)27(22-58)75-44)9-3-6-15-53-29(60)11-18-78-43-38(69)35(66)32(63)26(21-57)74-43/h24-28,32-40,43-45,57-59,63-70H,1-23,51H2,(H2,52,71)(H,53,60)(H,54,61)(H,55,62)/t24-,25-,26+,27+,28+,32-,33-,34-,35-,36-,37-,38+,39+,40+,43-,44-,45-/m0/s1. The van der Waals surface area contributed by atoms with Crippen LogP contribution in [0.5, 0.6) is 0 Å². The summed E-state index contributed by atoms with van der Waals surface area (Å²) in [6, 6.07) is -2.43. The highest BCUT2D eigenvalue weighted by molar-refractivity contribution is 8.00. The molecule has 0 aromatic heterocycles. The second-order valence-electron chi connectivity index (χ2n) is 19.3. The van der Waals surface area contributed by atoms with Crippen molar-refractivity contribution in [2.24, 2.45) is 11.5 Å². The Labute approximate surface area is 473 Å². The summed E-state index contributed by atoms with van der Waals surface area (Å²) in [5.74, 6) is -5.72. The van der Waals surface area contributed by atoms with Crippen LogP contribution in [-0.4, -0.2) is 268 Å². The van der Waals surface area contributed by atoms with Crippen LogP contribution in [0.25, 0.3) is 0 Å². The smallest absolute Gasteiger partial charge is 0.449 e. The van der Waals surface area contributed by atoms with Crippen LogP contribution < -0.4 is 27.4 Å². The van der Waals surface area contributed by atoms with Gasteiger partial charge in [0.2, 0.25) is 29.5 Å².